The highest BCUT2D eigenvalue weighted by molar-refractivity contribution is 7.98. The van der Waals surface area contributed by atoms with Gasteiger partial charge in [0, 0.05) is 17.0 Å². The minimum atomic E-state index is 0.175. The largest absolute Gasteiger partial charge is 0.327 e. The molecule has 0 saturated heterocycles. The molecule has 1 nitrogen and oxygen atoms in total. The van der Waals surface area contributed by atoms with Crippen LogP contribution in [0.1, 0.15) is 28.9 Å². The van der Waals surface area contributed by atoms with Crippen molar-refractivity contribution in [1.29, 1.82) is 0 Å². The van der Waals surface area contributed by atoms with Crippen LogP contribution in [0.3, 0.4) is 0 Å². The molecule has 2 N–H and O–H groups in total. The third kappa shape index (κ3) is 3.61. The molecule has 2 unspecified atom stereocenters. The minimum Gasteiger partial charge on any atom is -0.327 e. The quantitative estimate of drug-likeness (QED) is 0.877. The number of rotatable bonds is 5. The van der Waals surface area contributed by atoms with Gasteiger partial charge >= 0.3 is 0 Å². The molecule has 0 bridgehead atoms. The Labute approximate surface area is 117 Å². The first-order chi connectivity index (χ1) is 8.66. The molecule has 1 aromatic heterocycles. The van der Waals surface area contributed by atoms with E-state index in [1.54, 1.807) is 11.3 Å². The van der Waals surface area contributed by atoms with Gasteiger partial charge in [-0.05, 0) is 41.8 Å². The lowest BCUT2D eigenvalue weighted by molar-refractivity contribution is 0.723. The molecule has 0 spiro atoms. The summed E-state index contributed by atoms with van der Waals surface area (Å²) >= 11 is 3.67. The fraction of sp³-hybridized carbons (Fsp3) is 0.333. The Hall–Kier alpha value is -0.770. The zero-order chi connectivity index (χ0) is 13.0. The lowest BCUT2D eigenvalue weighted by Gasteiger charge is -2.19. The third-order valence-corrected chi connectivity index (χ3v) is 5.12. The zero-order valence-electron chi connectivity index (χ0n) is 10.8. The van der Waals surface area contributed by atoms with E-state index in [2.05, 4.69) is 54.9 Å². The standard InChI is InChI=1S/C15H19NS2/c1-11-4-3-5-13(8-11)9-18-15(12(2)16)14-6-7-17-10-14/h3-8,10,12,15H,9,16H2,1-2H3. The number of hydrogen-bond donors (Lipinski definition) is 1. The highest BCUT2D eigenvalue weighted by Gasteiger charge is 2.17. The Morgan fingerprint density at radius 1 is 1.33 bits per heavy atom. The molecule has 1 aromatic carbocycles. The summed E-state index contributed by atoms with van der Waals surface area (Å²) in [5, 5.41) is 4.71. The maximum atomic E-state index is 6.11. The Bertz CT molecular complexity index is 477. The van der Waals surface area contributed by atoms with Crippen molar-refractivity contribution in [1.82, 2.24) is 0 Å². The van der Waals surface area contributed by atoms with Gasteiger partial charge in [0.25, 0.3) is 0 Å². The van der Waals surface area contributed by atoms with Crippen molar-refractivity contribution >= 4 is 23.1 Å². The van der Waals surface area contributed by atoms with Crippen LogP contribution in [0.15, 0.2) is 41.1 Å². The molecule has 18 heavy (non-hydrogen) atoms. The van der Waals surface area contributed by atoms with Crippen molar-refractivity contribution in [3.8, 4) is 0 Å². The molecule has 3 heteroatoms. The summed E-state index contributed by atoms with van der Waals surface area (Å²) in [6, 6.07) is 11.0. The molecule has 1 heterocycles. The van der Waals surface area contributed by atoms with E-state index in [-0.39, 0.29) is 6.04 Å². The van der Waals surface area contributed by atoms with Gasteiger partial charge < -0.3 is 5.73 Å². The summed E-state index contributed by atoms with van der Waals surface area (Å²) in [5.41, 5.74) is 10.2. The van der Waals surface area contributed by atoms with Gasteiger partial charge in [-0.25, -0.2) is 0 Å². The fourth-order valence-electron chi connectivity index (χ4n) is 1.98. The van der Waals surface area contributed by atoms with Crippen LogP contribution in [0.25, 0.3) is 0 Å². The van der Waals surface area contributed by atoms with Gasteiger partial charge in [-0.15, -0.1) is 11.8 Å². The Morgan fingerprint density at radius 3 is 2.78 bits per heavy atom. The second kappa shape index (κ2) is 6.41. The van der Waals surface area contributed by atoms with Crippen LogP contribution in [0, 0.1) is 6.92 Å². The average Bonchev–Trinajstić information content (AvgIpc) is 2.82. The van der Waals surface area contributed by atoms with Gasteiger partial charge in [-0.1, -0.05) is 29.8 Å². The summed E-state index contributed by atoms with van der Waals surface area (Å²) in [7, 11) is 0. The molecule has 0 aliphatic rings. The van der Waals surface area contributed by atoms with E-state index in [1.807, 2.05) is 11.8 Å². The number of thiophene rings is 1. The molecule has 0 aliphatic carbocycles. The maximum absolute atomic E-state index is 6.11. The maximum Gasteiger partial charge on any atom is 0.0457 e. The van der Waals surface area contributed by atoms with Crippen LogP contribution in [0.5, 0.6) is 0 Å². The van der Waals surface area contributed by atoms with Crippen molar-refractivity contribution in [2.24, 2.45) is 5.73 Å². The van der Waals surface area contributed by atoms with Crippen LogP contribution in [-0.4, -0.2) is 6.04 Å². The van der Waals surface area contributed by atoms with E-state index in [9.17, 15) is 0 Å². The number of hydrogen-bond acceptors (Lipinski definition) is 3. The van der Waals surface area contributed by atoms with Crippen molar-refractivity contribution in [2.45, 2.75) is 30.9 Å². The highest BCUT2D eigenvalue weighted by atomic mass is 32.2. The molecule has 2 atom stereocenters. The molecule has 0 aliphatic heterocycles. The first kappa shape index (κ1) is 13.7. The van der Waals surface area contributed by atoms with Gasteiger partial charge in [0.2, 0.25) is 0 Å². The van der Waals surface area contributed by atoms with E-state index >= 15 is 0 Å². The summed E-state index contributed by atoms with van der Waals surface area (Å²) < 4.78 is 0. The Balaban J connectivity index is 2.03. The number of nitrogens with two attached hydrogens (primary N) is 1. The molecule has 2 aromatic rings. The van der Waals surface area contributed by atoms with Crippen LogP contribution in [-0.2, 0) is 5.75 Å². The second-order valence-electron chi connectivity index (χ2n) is 4.64. The summed E-state index contributed by atoms with van der Waals surface area (Å²) in [4.78, 5) is 0. The number of aryl methyl sites for hydroxylation is 1. The lowest BCUT2D eigenvalue weighted by Crippen LogP contribution is -2.22. The average molecular weight is 277 g/mol. The third-order valence-electron chi connectivity index (χ3n) is 2.86. The van der Waals surface area contributed by atoms with E-state index in [1.165, 1.54) is 16.7 Å². The highest BCUT2D eigenvalue weighted by Crippen LogP contribution is 2.34. The van der Waals surface area contributed by atoms with Gasteiger partial charge in [0.1, 0.15) is 0 Å². The van der Waals surface area contributed by atoms with Crippen LogP contribution >= 0.6 is 23.1 Å². The molecular formula is C15H19NS2. The fourth-order valence-corrected chi connectivity index (χ4v) is 3.95. The first-order valence-corrected chi connectivity index (χ1v) is 8.11. The number of thioether (sulfide) groups is 1. The van der Waals surface area contributed by atoms with Crippen molar-refractivity contribution in [2.75, 3.05) is 0 Å². The van der Waals surface area contributed by atoms with Gasteiger partial charge in [0.15, 0.2) is 0 Å². The lowest BCUT2D eigenvalue weighted by atomic mass is 10.1. The van der Waals surface area contributed by atoms with Crippen molar-refractivity contribution in [3.05, 3.63) is 57.8 Å². The van der Waals surface area contributed by atoms with E-state index in [4.69, 9.17) is 5.73 Å². The molecule has 0 saturated carbocycles. The van der Waals surface area contributed by atoms with E-state index in [0.29, 0.717) is 5.25 Å². The Morgan fingerprint density at radius 2 is 2.17 bits per heavy atom. The van der Waals surface area contributed by atoms with E-state index < -0.39 is 0 Å². The van der Waals surface area contributed by atoms with Crippen LogP contribution < -0.4 is 5.73 Å². The van der Waals surface area contributed by atoms with Crippen LogP contribution in [0.2, 0.25) is 0 Å². The van der Waals surface area contributed by atoms with Gasteiger partial charge in [-0.2, -0.15) is 11.3 Å². The zero-order valence-corrected chi connectivity index (χ0v) is 12.4. The molecular weight excluding hydrogens is 258 g/mol. The minimum absolute atomic E-state index is 0.175. The smallest absolute Gasteiger partial charge is 0.0457 e. The number of benzene rings is 1. The van der Waals surface area contributed by atoms with Crippen molar-refractivity contribution in [3.63, 3.8) is 0 Å². The predicted octanol–water partition coefficient (Wildman–Crippen LogP) is 4.38. The van der Waals surface area contributed by atoms with Gasteiger partial charge in [-0.3, -0.25) is 0 Å². The Kier molecular flexibility index (Phi) is 4.87. The molecule has 96 valence electrons. The normalized spacial score (nSPS) is 14.4. The first-order valence-electron chi connectivity index (χ1n) is 6.11. The summed E-state index contributed by atoms with van der Waals surface area (Å²) in [5.74, 6) is 1.02. The van der Waals surface area contributed by atoms with Crippen LogP contribution in [0.4, 0.5) is 0 Å². The molecule has 0 fully saturated rings. The van der Waals surface area contributed by atoms with E-state index in [0.717, 1.165) is 5.75 Å². The van der Waals surface area contributed by atoms with Crippen molar-refractivity contribution < 1.29 is 0 Å². The summed E-state index contributed by atoms with van der Waals surface area (Å²) in [6.45, 7) is 4.22. The SMILES string of the molecule is Cc1cccc(CSC(c2ccsc2)C(C)N)c1. The predicted molar refractivity (Wildman–Crippen MR) is 83.2 cm³/mol. The monoisotopic (exact) mass is 277 g/mol. The topological polar surface area (TPSA) is 26.0 Å². The summed E-state index contributed by atoms with van der Waals surface area (Å²) in [6.07, 6.45) is 0. The molecule has 2 rings (SSSR count). The second-order valence-corrected chi connectivity index (χ2v) is 6.55. The molecule has 0 radical (unpaired) electrons. The van der Waals surface area contributed by atoms with Gasteiger partial charge in [0.05, 0.1) is 0 Å². The molecule has 0 amide bonds.